The average molecular weight is 147 g/mol. The van der Waals surface area contributed by atoms with Crippen molar-refractivity contribution >= 4 is 0 Å². The summed E-state index contributed by atoms with van der Waals surface area (Å²) in [7, 11) is 3.59. The van der Waals surface area contributed by atoms with Crippen LogP contribution in [-0.4, -0.2) is 40.0 Å². The number of nitrogens with one attached hydrogen (secondary N) is 1. The molecule has 10 heavy (non-hydrogen) atoms. The summed E-state index contributed by atoms with van der Waals surface area (Å²) in [6.07, 6.45) is 0.194. The van der Waals surface area contributed by atoms with Gasteiger partial charge in [0, 0.05) is 20.3 Å². The summed E-state index contributed by atoms with van der Waals surface area (Å²) in [4.78, 5) is 0. The van der Waals surface area contributed by atoms with Gasteiger partial charge in [0.15, 0.2) is 0 Å². The zero-order valence-electron chi connectivity index (χ0n) is 7.02. The van der Waals surface area contributed by atoms with Gasteiger partial charge in [-0.25, -0.2) is 0 Å². The van der Waals surface area contributed by atoms with Gasteiger partial charge in [-0.1, -0.05) is 0 Å². The third-order valence-corrected chi connectivity index (χ3v) is 1.19. The molecule has 0 aliphatic rings. The number of ether oxygens (including phenoxy) is 2. The van der Waals surface area contributed by atoms with Gasteiger partial charge in [-0.3, -0.25) is 0 Å². The minimum Gasteiger partial charge on any atom is -0.382 e. The molecule has 0 saturated heterocycles. The molecule has 0 bridgehead atoms. The van der Waals surface area contributed by atoms with Crippen molar-refractivity contribution in [2.75, 3.05) is 33.9 Å². The van der Waals surface area contributed by atoms with Crippen molar-refractivity contribution in [3.05, 3.63) is 0 Å². The molecule has 0 aliphatic carbocycles. The molecule has 1 N–H and O–H groups in total. The number of rotatable bonds is 6. The first-order valence-corrected chi connectivity index (χ1v) is 3.60. The van der Waals surface area contributed by atoms with Crippen molar-refractivity contribution in [2.45, 2.75) is 13.0 Å². The molecule has 1 unspecified atom stereocenters. The second-order valence-corrected chi connectivity index (χ2v) is 2.09. The first-order chi connectivity index (χ1) is 4.85. The minimum atomic E-state index is 0.194. The van der Waals surface area contributed by atoms with Gasteiger partial charge in [-0.2, -0.15) is 0 Å². The molecule has 0 aromatic carbocycles. The highest BCUT2D eigenvalue weighted by molar-refractivity contribution is 4.57. The lowest BCUT2D eigenvalue weighted by atomic mass is 10.4. The Morgan fingerprint density at radius 2 is 2.20 bits per heavy atom. The van der Waals surface area contributed by atoms with Crippen molar-refractivity contribution < 1.29 is 9.47 Å². The van der Waals surface area contributed by atoms with Crippen LogP contribution in [-0.2, 0) is 9.47 Å². The molecule has 0 radical (unpaired) electrons. The Hall–Kier alpha value is -0.120. The fraction of sp³-hybridized carbons (Fsp3) is 1.00. The maximum absolute atomic E-state index is 5.34. The average Bonchev–Trinajstić information content (AvgIpc) is 1.90. The second-order valence-electron chi connectivity index (χ2n) is 2.09. The van der Waals surface area contributed by atoms with Gasteiger partial charge in [0.2, 0.25) is 0 Å². The topological polar surface area (TPSA) is 30.5 Å². The third kappa shape index (κ3) is 4.73. The van der Waals surface area contributed by atoms with Gasteiger partial charge in [-0.15, -0.1) is 0 Å². The van der Waals surface area contributed by atoms with Crippen LogP contribution in [0.15, 0.2) is 0 Å². The van der Waals surface area contributed by atoms with Crippen LogP contribution in [0.25, 0.3) is 0 Å². The molecular formula is C7H17NO2. The standard InChI is InChI=1S/C7H17NO2/c1-4-10-7(5-8-2)6-9-3/h7-8H,4-6H2,1-3H3. The molecule has 0 aliphatic heterocycles. The molecule has 0 saturated carbocycles. The largest absolute Gasteiger partial charge is 0.382 e. The van der Waals surface area contributed by atoms with Crippen LogP contribution in [0.1, 0.15) is 6.92 Å². The van der Waals surface area contributed by atoms with Crippen molar-refractivity contribution in [1.82, 2.24) is 5.32 Å². The third-order valence-electron chi connectivity index (χ3n) is 1.19. The van der Waals surface area contributed by atoms with E-state index in [1.807, 2.05) is 14.0 Å². The predicted molar refractivity (Wildman–Crippen MR) is 41.2 cm³/mol. The summed E-state index contributed by atoms with van der Waals surface area (Å²) < 4.78 is 10.3. The number of likely N-dealkylation sites (N-methyl/N-ethyl adjacent to an activating group) is 1. The summed E-state index contributed by atoms with van der Waals surface area (Å²) in [6.45, 7) is 4.24. The van der Waals surface area contributed by atoms with E-state index < -0.39 is 0 Å². The number of methoxy groups -OCH3 is 1. The van der Waals surface area contributed by atoms with Crippen LogP contribution in [0.3, 0.4) is 0 Å². The smallest absolute Gasteiger partial charge is 0.0931 e. The van der Waals surface area contributed by atoms with Crippen LogP contribution in [0, 0.1) is 0 Å². The van der Waals surface area contributed by atoms with E-state index in [4.69, 9.17) is 9.47 Å². The Morgan fingerprint density at radius 3 is 2.60 bits per heavy atom. The molecule has 1 atom stereocenters. The highest BCUT2D eigenvalue weighted by Crippen LogP contribution is 1.89. The van der Waals surface area contributed by atoms with Gasteiger partial charge in [-0.05, 0) is 14.0 Å². The molecule has 0 heterocycles. The first-order valence-electron chi connectivity index (χ1n) is 3.60. The highest BCUT2D eigenvalue weighted by atomic mass is 16.5. The molecule has 3 nitrogen and oxygen atoms in total. The van der Waals surface area contributed by atoms with Crippen LogP contribution in [0.4, 0.5) is 0 Å². The van der Waals surface area contributed by atoms with Crippen LogP contribution < -0.4 is 5.32 Å². The van der Waals surface area contributed by atoms with Gasteiger partial charge in [0.25, 0.3) is 0 Å². The first kappa shape index (κ1) is 9.88. The number of hydrogen-bond donors (Lipinski definition) is 1. The van der Waals surface area contributed by atoms with Gasteiger partial charge < -0.3 is 14.8 Å². The molecule has 0 spiro atoms. The van der Waals surface area contributed by atoms with E-state index in [9.17, 15) is 0 Å². The summed E-state index contributed by atoms with van der Waals surface area (Å²) in [5.41, 5.74) is 0. The highest BCUT2D eigenvalue weighted by Gasteiger charge is 2.04. The van der Waals surface area contributed by atoms with E-state index in [1.54, 1.807) is 7.11 Å². The summed E-state index contributed by atoms with van der Waals surface area (Å²) in [5, 5.41) is 3.03. The molecule has 0 amide bonds. The molecule has 0 aromatic rings. The Balaban J connectivity index is 3.30. The zero-order chi connectivity index (χ0) is 7.82. The van der Waals surface area contributed by atoms with Crippen LogP contribution in [0.2, 0.25) is 0 Å². The zero-order valence-corrected chi connectivity index (χ0v) is 7.02. The molecule has 0 rings (SSSR count). The molecule has 3 heteroatoms. The van der Waals surface area contributed by atoms with E-state index in [0.717, 1.165) is 13.2 Å². The lowest BCUT2D eigenvalue weighted by Crippen LogP contribution is -2.30. The van der Waals surface area contributed by atoms with Crippen molar-refractivity contribution in [1.29, 1.82) is 0 Å². The fourth-order valence-electron chi connectivity index (χ4n) is 0.815. The normalized spacial score (nSPS) is 13.5. The lowest BCUT2D eigenvalue weighted by Gasteiger charge is -2.14. The lowest BCUT2D eigenvalue weighted by molar-refractivity contribution is 0.00604. The number of hydrogen-bond acceptors (Lipinski definition) is 3. The van der Waals surface area contributed by atoms with Crippen molar-refractivity contribution in [2.24, 2.45) is 0 Å². The Morgan fingerprint density at radius 1 is 1.50 bits per heavy atom. The SMILES string of the molecule is CCOC(CNC)COC. The minimum absolute atomic E-state index is 0.194. The van der Waals surface area contributed by atoms with E-state index in [2.05, 4.69) is 5.32 Å². The quantitative estimate of drug-likeness (QED) is 0.584. The van der Waals surface area contributed by atoms with E-state index in [-0.39, 0.29) is 6.10 Å². The Bertz CT molecular complexity index is 54.4. The van der Waals surface area contributed by atoms with Gasteiger partial charge >= 0.3 is 0 Å². The van der Waals surface area contributed by atoms with Crippen molar-refractivity contribution in [3.8, 4) is 0 Å². The molecule has 0 aromatic heterocycles. The molecule has 62 valence electrons. The second kappa shape index (κ2) is 6.99. The Labute approximate surface area is 62.7 Å². The predicted octanol–water partition coefficient (Wildman–Crippen LogP) is 0.257. The maximum atomic E-state index is 5.34. The maximum Gasteiger partial charge on any atom is 0.0931 e. The fourth-order valence-corrected chi connectivity index (χ4v) is 0.815. The monoisotopic (exact) mass is 147 g/mol. The summed E-state index contributed by atoms with van der Waals surface area (Å²) in [5.74, 6) is 0. The van der Waals surface area contributed by atoms with E-state index in [0.29, 0.717) is 6.61 Å². The van der Waals surface area contributed by atoms with Gasteiger partial charge in [0.1, 0.15) is 0 Å². The summed E-state index contributed by atoms with van der Waals surface area (Å²) >= 11 is 0. The van der Waals surface area contributed by atoms with Gasteiger partial charge in [0.05, 0.1) is 12.7 Å². The van der Waals surface area contributed by atoms with Crippen LogP contribution in [0.5, 0.6) is 0 Å². The van der Waals surface area contributed by atoms with Crippen LogP contribution >= 0.6 is 0 Å². The molecular weight excluding hydrogens is 130 g/mol. The summed E-state index contributed by atoms with van der Waals surface area (Å²) in [6, 6.07) is 0. The van der Waals surface area contributed by atoms with Crippen molar-refractivity contribution in [3.63, 3.8) is 0 Å². The Kier molecular flexibility index (Phi) is 6.91. The van der Waals surface area contributed by atoms with E-state index >= 15 is 0 Å². The molecule has 0 fully saturated rings. The van der Waals surface area contributed by atoms with E-state index in [1.165, 1.54) is 0 Å².